The fourth-order valence-electron chi connectivity index (χ4n) is 3.05. The zero-order valence-electron chi connectivity index (χ0n) is 16.6. The summed E-state index contributed by atoms with van der Waals surface area (Å²) in [5.74, 6) is -0.913. The number of unbranched alkanes of at least 4 members (excludes halogenated alkanes) is 10. The van der Waals surface area contributed by atoms with Crippen LogP contribution in [0.1, 0.15) is 110 Å². The molecule has 0 aromatic rings. The Morgan fingerprint density at radius 2 is 1.25 bits per heavy atom. The van der Waals surface area contributed by atoms with Gasteiger partial charge in [0.15, 0.2) is 0 Å². The maximum absolute atomic E-state index is 10.3. The van der Waals surface area contributed by atoms with Crippen LogP contribution in [-0.4, -0.2) is 18.7 Å². The summed E-state index contributed by atoms with van der Waals surface area (Å²) < 4.78 is 5.86. The third-order valence-electron chi connectivity index (χ3n) is 4.44. The second-order valence-corrected chi connectivity index (χ2v) is 6.67. The van der Waals surface area contributed by atoms with Crippen LogP contribution < -0.4 is 34.7 Å². The molecule has 138 valence electrons. The molecule has 0 aliphatic heterocycles. The minimum absolute atomic E-state index is 0. The molecule has 0 radical (unpaired) electrons. The molecule has 0 amide bonds. The predicted molar refractivity (Wildman–Crippen MR) is 95.4 cm³/mol. The Morgan fingerprint density at radius 1 is 0.792 bits per heavy atom. The summed E-state index contributed by atoms with van der Waals surface area (Å²) in [5.41, 5.74) is 0. The molecule has 0 aliphatic rings. The molecule has 0 aromatic carbocycles. The SMILES string of the molecule is CCCCCCC(CCCCCCCCCCC(=O)[O-])OCC.[Na+]. The first-order valence-corrected chi connectivity index (χ1v) is 10.0. The van der Waals surface area contributed by atoms with Crippen LogP contribution in [0.25, 0.3) is 0 Å². The Morgan fingerprint density at radius 3 is 1.71 bits per heavy atom. The molecule has 4 heteroatoms. The summed E-state index contributed by atoms with van der Waals surface area (Å²) in [6.45, 7) is 5.19. The number of carboxylic acid groups (broad SMARTS) is 1. The second-order valence-electron chi connectivity index (χ2n) is 6.67. The van der Waals surface area contributed by atoms with Crippen LogP contribution in [0.4, 0.5) is 0 Å². The van der Waals surface area contributed by atoms with Crippen LogP contribution in [0.2, 0.25) is 0 Å². The number of rotatable bonds is 18. The molecule has 0 aliphatic carbocycles. The molecule has 24 heavy (non-hydrogen) atoms. The normalized spacial score (nSPS) is 11.9. The number of carboxylic acids is 1. The van der Waals surface area contributed by atoms with Gasteiger partial charge in [-0.2, -0.15) is 0 Å². The Balaban J connectivity index is 0. The molecule has 0 rings (SSSR count). The number of carbonyl (C=O) groups is 1. The monoisotopic (exact) mass is 350 g/mol. The molecule has 0 saturated carbocycles. The summed E-state index contributed by atoms with van der Waals surface area (Å²) in [4.78, 5) is 10.3. The Bertz CT molecular complexity index is 259. The molecular weight excluding hydrogens is 311 g/mol. The van der Waals surface area contributed by atoms with E-state index in [1.807, 2.05) is 0 Å². The molecule has 0 heterocycles. The first kappa shape index (κ1) is 26.7. The standard InChI is InChI=1S/C20H40O3.Na/c1-3-5-6-13-16-19(23-4-2)17-14-11-9-7-8-10-12-15-18-20(21)22;/h19H,3-18H2,1-2H3,(H,21,22);/q;+1/p-1. The minimum Gasteiger partial charge on any atom is -0.550 e. The zero-order chi connectivity index (χ0) is 17.2. The Labute approximate surface area is 172 Å². The van der Waals surface area contributed by atoms with E-state index in [2.05, 4.69) is 13.8 Å². The van der Waals surface area contributed by atoms with Crippen molar-refractivity contribution in [3.8, 4) is 0 Å². The number of hydrogen-bond acceptors (Lipinski definition) is 3. The third-order valence-corrected chi connectivity index (χ3v) is 4.44. The largest absolute Gasteiger partial charge is 1.00 e. The van der Waals surface area contributed by atoms with E-state index in [-0.39, 0.29) is 36.0 Å². The van der Waals surface area contributed by atoms with Gasteiger partial charge < -0.3 is 14.6 Å². The van der Waals surface area contributed by atoms with Crippen molar-refractivity contribution in [2.45, 2.75) is 116 Å². The van der Waals surface area contributed by atoms with Gasteiger partial charge in [-0.3, -0.25) is 0 Å². The summed E-state index contributed by atoms with van der Waals surface area (Å²) in [6, 6.07) is 0. The van der Waals surface area contributed by atoms with Gasteiger partial charge in [0.1, 0.15) is 0 Å². The smallest absolute Gasteiger partial charge is 0.550 e. The van der Waals surface area contributed by atoms with E-state index in [4.69, 9.17) is 4.74 Å². The quantitative estimate of drug-likeness (QED) is 0.281. The number of hydrogen-bond donors (Lipinski definition) is 0. The molecular formula is C20H39NaO3. The summed E-state index contributed by atoms with van der Waals surface area (Å²) in [6.07, 6.45) is 17.8. The molecule has 0 N–H and O–H groups in total. The first-order chi connectivity index (χ1) is 11.2. The van der Waals surface area contributed by atoms with E-state index < -0.39 is 5.97 Å². The molecule has 0 saturated heterocycles. The fraction of sp³-hybridized carbons (Fsp3) is 0.950. The van der Waals surface area contributed by atoms with Gasteiger partial charge in [0.2, 0.25) is 0 Å². The third kappa shape index (κ3) is 20.5. The van der Waals surface area contributed by atoms with Crippen molar-refractivity contribution in [2.24, 2.45) is 0 Å². The topological polar surface area (TPSA) is 49.4 Å². The summed E-state index contributed by atoms with van der Waals surface area (Å²) >= 11 is 0. The van der Waals surface area contributed by atoms with Crippen LogP contribution in [0.15, 0.2) is 0 Å². The van der Waals surface area contributed by atoms with E-state index in [0.717, 1.165) is 25.9 Å². The number of ether oxygens (including phenoxy) is 1. The van der Waals surface area contributed by atoms with E-state index in [0.29, 0.717) is 6.10 Å². The fourth-order valence-corrected chi connectivity index (χ4v) is 3.05. The van der Waals surface area contributed by atoms with Crippen LogP contribution >= 0.6 is 0 Å². The van der Waals surface area contributed by atoms with E-state index >= 15 is 0 Å². The van der Waals surface area contributed by atoms with Gasteiger partial charge in [-0.1, -0.05) is 77.6 Å². The van der Waals surface area contributed by atoms with Crippen molar-refractivity contribution in [1.29, 1.82) is 0 Å². The first-order valence-electron chi connectivity index (χ1n) is 10.0. The summed E-state index contributed by atoms with van der Waals surface area (Å²) in [7, 11) is 0. The Hall–Kier alpha value is 0.430. The van der Waals surface area contributed by atoms with E-state index in [1.54, 1.807) is 0 Å². The average Bonchev–Trinajstić information content (AvgIpc) is 2.52. The minimum atomic E-state index is -0.913. The molecule has 0 spiro atoms. The Kier molecular flexibility index (Phi) is 23.8. The molecule has 0 bridgehead atoms. The molecule has 0 fully saturated rings. The molecule has 3 nitrogen and oxygen atoms in total. The molecule has 1 atom stereocenters. The summed E-state index contributed by atoms with van der Waals surface area (Å²) in [5, 5.41) is 10.3. The second kappa shape index (κ2) is 21.5. The van der Waals surface area contributed by atoms with Crippen LogP contribution in [-0.2, 0) is 9.53 Å². The van der Waals surface area contributed by atoms with Crippen molar-refractivity contribution in [2.75, 3.05) is 6.61 Å². The maximum Gasteiger partial charge on any atom is 1.00 e. The van der Waals surface area contributed by atoms with Crippen LogP contribution in [0.5, 0.6) is 0 Å². The van der Waals surface area contributed by atoms with Crippen LogP contribution in [0.3, 0.4) is 0 Å². The van der Waals surface area contributed by atoms with E-state index in [1.165, 1.54) is 70.6 Å². The average molecular weight is 351 g/mol. The van der Waals surface area contributed by atoms with Crippen molar-refractivity contribution in [1.82, 2.24) is 0 Å². The van der Waals surface area contributed by atoms with Gasteiger partial charge in [0.05, 0.1) is 6.10 Å². The van der Waals surface area contributed by atoms with Gasteiger partial charge in [0.25, 0.3) is 0 Å². The van der Waals surface area contributed by atoms with Gasteiger partial charge in [-0.25, -0.2) is 0 Å². The molecule has 0 aromatic heterocycles. The van der Waals surface area contributed by atoms with Crippen molar-refractivity contribution >= 4 is 5.97 Å². The van der Waals surface area contributed by atoms with Gasteiger partial charge in [0, 0.05) is 12.6 Å². The predicted octanol–water partition coefficient (Wildman–Crippen LogP) is 2.02. The molecule has 1 unspecified atom stereocenters. The zero-order valence-corrected chi connectivity index (χ0v) is 18.6. The van der Waals surface area contributed by atoms with Gasteiger partial charge >= 0.3 is 29.6 Å². The number of aliphatic carboxylic acids is 1. The van der Waals surface area contributed by atoms with Gasteiger partial charge in [-0.05, 0) is 32.6 Å². The van der Waals surface area contributed by atoms with Crippen molar-refractivity contribution in [3.05, 3.63) is 0 Å². The van der Waals surface area contributed by atoms with Crippen molar-refractivity contribution < 1.29 is 44.2 Å². The van der Waals surface area contributed by atoms with E-state index in [9.17, 15) is 9.90 Å². The van der Waals surface area contributed by atoms with Crippen LogP contribution in [0, 0.1) is 0 Å². The van der Waals surface area contributed by atoms with Crippen molar-refractivity contribution in [3.63, 3.8) is 0 Å². The number of carbonyl (C=O) groups excluding carboxylic acids is 1. The maximum atomic E-state index is 10.3. The van der Waals surface area contributed by atoms with Gasteiger partial charge in [-0.15, -0.1) is 0 Å².